The van der Waals surface area contributed by atoms with E-state index in [0.29, 0.717) is 5.57 Å². The molecular weight excluding hydrogens is 785 g/mol. The predicted octanol–water partition coefficient (Wildman–Crippen LogP) is 4.87. The zero-order chi connectivity index (χ0) is 40.5. The lowest BCUT2D eigenvalue weighted by Gasteiger charge is -2.18. The summed E-state index contributed by atoms with van der Waals surface area (Å²) in [6.07, 6.45) is 5.85. The molecule has 22 heteroatoms. The van der Waals surface area contributed by atoms with Crippen LogP contribution in [0.5, 0.6) is 5.75 Å². The minimum atomic E-state index is -5.17. The molecule has 1 aliphatic carbocycles. The lowest BCUT2D eigenvalue weighted by atomic mass is 9.93. The van der Waals surface area contributed by atoms with Crippen molar-refractivity contribution >= 4 is 86.5 Å². The number of nitrogen functional groups attached to an aromatic ring is 1. The number of phenols is 1. The summed E-state index contributed by atoms with van der Waals surface area (Å²) in [5.41, 5.74) is 4.81. The molecule has 19 nitrogen and oxygen atoms in total. The van der Waals surface area contributed by atoms with Crippen molar-refractivity contribution in [2.75, 3.05) is 18.9 Å². The zero-order valence-corrected chi connectivity index (χ0v) is 30.7. The lowest BCUT2D eigenvalue weighted by Crippen LogP contribution is -2.30. The highest BCUT2D eigenvalue weighted by Crippen LogP contribution is 2.44. The van der Waals surface area contributed by atoms with Gasteiger partial charge < -0.3 is 20.9 Å². The summed E-state index contributed by atoms with van der Waals surface area (Å²) in [6.45, 7) is 5.10. The number of phenolic OH excluding ortho intramolecular Hbond substituents is 1. The number of benzene rings is 4. The Morgan fingerprint density at radius 1 is 0.873 bits per heavy atom. The van der Waals surface area contributed by atoms with Gasteiger partial charge in [-0.3, -0.25) is 18.5 Å². The number of nitrogens with two attached hydrogens (primary N) is 1. The Bertz CT molecular complexity index is 2750. The van der Waals surface area contributed by atoms with Crippen molar-refractivity contribution in [3.63, 3.8) is 0 Å². The summed E-state index contributed by atoms with van der Waals surface area (Å²) in [5.74, 6) is -2.26. The van der Waals surface area contributed by atoms with Gasteiger partial charge in [0.05, 0.1) is 34.5 Å². The van der Waals surface area contributed by atoms with Gasteiger partial charge in [-0.1, -0.05) is 37.8 Å². The molecule has 0 saturated heterocycles. The van der Waals surface area contributed by atoms with Crippen molar-refractivity contribution in [1.29, 1.82) is 0 Å². The highest BCUT2D eigenvalue weighted by atomic mass is 32.2. The number of ether oxygens (including phenoxy) is 1. The van der Waals surface area contributed by atoms with Gasteiger partial charge in [-0.2, -0.15) is 35.5 Å². The Kier molecular flexibility index (Phi) is 11.3. The topological polar surface area (TPSA) is 314 Å². The molecule has 5 rings (SSSR count). The number of azo groups is 2. The van der Waals surface area contributed by atoms with Crippen LogP contribution in [0.4, 0.5) is 22.7 Å². The van der Waals surface area contributed by atoms with Crippen molar-refractivity contribution in [3.05, 3.63) is 85.0 Å². The fraction of sp³-hybridized carbons (Fsp3) is 0.152. The molecule has 55 heavy (non-hydrogen) atoms. The van der Waals surface area contributed by atoms with Crippen LogP contribution in [-0.4, -0.2) is 75.1 Å². The molecule has 0 heterocycles. The highest BCUT2D eigenvalue weighted by molar-refractivity contribution is 7.86. The molecule has 2 atom stereocenters. The summed E-state index contributed by atoms with van der Waals surface area (Å²) in [4.78, 5) is 21.3. The second-order valence-corrected chi connectivity index (χ2v) is 16.0. The number of nitrogens with zero attached hydrogens (tertiary/aromatic N) is 4. The Labute approximate surface area is 312 Å². The summed E-state index contributed by atoms with van der Waals surface area (Å²) < 4.78 is 106. The van der Waals surface area contributed by atoms with E-state index >= 15 is 0 Å². The normalized spacial score (nSPS) is 16.5. The number of nitrogens with one attached hydrogen (secondary N) is 1. The third-order valence-electron chi connectivity index (χ3n) is 8.05. The molecule has 0 fully saturated rings. The zero-order valence-electron chi connectivity index (χ0n) is 28.3. The fourth-order valence-corrected chi connectivity index (χ4v) is 7.16. The van der Waals surface area contributed by atoms with Gasteiger partial charge in [0.1, 0.15) is 22.1 Å². The molecular formula is C33H30N6O13S3. The number of carbonyl (C=O) groups excluding carboxylic acids is 2. The molecule has 0 spiro atoms. The first-order chi connectivity index (χ1) is 25.7. The van der Waals surface area contributed by atoms with E-state index in [1.807, 2.05) is 0 Å². The van der Waals surface area contributed by atoms with E-state index in [1.165, 1.54) is 18.2 Å². The average Bonchev–Trinajstić information content (AvgIpc) is 3.10. The first-order valence-corrected chi connectivity index (χ1v) is 19.9. The molecule has 0 aliphatic heterocycles. The van der Waals surface area contributed by atoms with Crippen LogP contribution in [0.2, 0.25) is 0 Å². The molecule has 2 unspecified atom stereocenters. The minimum Gasteiger partial charge on any atom is -0.505 e. The van der Waals surface area contributed by atoms with Gasteiger partial charge in [-0.25, -0.2) is 4.79 Å². The molecule has 0 bridgehead atoms. The largest absolute Gasteiger partial charge is 0.505 e. The Balaban J connectivity index is 1.51. The van der Waals surface area contributed by atoms with Crippen LogP contribution in [0.15, 0.2) is 120 Å². The van der Waals surface area contributed by atoms with E-state index in [0.717, 1.165) is 36.4 Å². The van der Waals surface area contributed by atoms with E-state index in [2.05, 4.69) is 32.4 Å². The smallest absolute Gasteiger partial charge is 0.330 e. The van der Waals surface area contributed by atoms with Gasteiger partial charge >= 0.3 is 5.97 Å². The number of carbonyl (C=O) groups is 2. The Morgan fingerprint density at radius 3 is 2.15 bits per heavy atom. The monoisotopic (exact) mass is 814 g/mol. The second-order valence-electron chi connectivity index (χ2n) is 11.8. The highest BCUT2D eigenvalue weighted by Gasteiger charge is 2.25. The Hall–Kier alpha value is -5.91. The van der Waals surface area contributed by atoms with Crippen LogP contribution < -0.4 is 11.1 Å². The lowest BCUT2D eigenvalue weighted by molar-refractivity contribution is -0.138. The number of esters is 1. The number of hydrogen-bond acceptors (Lipinski definition) is 15. The van der Waals surface area contributed by atoms with E-state index < -0.39 is 80.1 Å². The molecule has 4 aromatic carbocycles. The number of rotatable bonds is 12. The third kappa shape index (κ3) is 9.08. The van der Waals surface area contributed by atoms with E-state index in [4.69, 9.17) is 10.5 Å². The van der Waals surface area contributed by atoms with Crippen molar-refractivity contribution in [2.45, 2.75) is 27.7 Å². The molecule has 1 aliphatic rings. The standard InChI is InChI=1S/C33H30N6O13S3/c1-3-30(40)52-11-10-35-33(42)18-4-7-25(17(2)12-18)36-37-26-8-9-27(23-15-20(53(43,44)45)5-6-21(23)26)38-39-31-29(55(49,50)51)14-19-13-28(54(46,47)48)24(34)16-22(19)32(31)41/h3-9,12-17,25,41H,1,10-11,34H2,2H3,(H,35,42)(H,43,44,45)(H,46,47,48)(H,49,50,51)/b37-36+,39-38+. The Morgan fingerprint density at radius 2 is 1.53 bits per heavy atom. The molecule has 0 aromatic heterocycles. The molecule has 7 N–H and O–H groups in total. The van der Waals surface area contributed by atoms with Gasteiger partial charge in [0.15, 0.2) is 5.75 Å². The fourth-order valence-electron chi connectivity index (χ4n) is 5.36. The quantitative estimate of drug-likeness (QED) is 0.0278. The maximum atomic E-state index is 12.6. The average molecular weight is 815 g/mol. The van der Waals surface area contributed by atoms with Crippen molar-refractivity contribution in [3.8, 4) is 5.75 Å². The maximum absolute atomic E-state index is 12.6. The van der Waals surface area contributed by atoms with Gasteiger partial charge in [0.25, 0.3) is 36.3 Å². The summed E-state index contributed by atoms with van der Waals surface area (Å²) in [5, 5.41) is 29.9. The predicted molar refractivity (Wildman–Crippen MR) is 196 cm³/mol. The summed E-state index contributed by atoms with van der Waals surface area (Å²) in [7, 11) is -14.8. The van der Waals surface area contributed by atoms with E-state index in [-0.39, 0.29) is 52.0 Å². The van der Waals surface area contributed by atoms with Crippen LogP contribution in [0.1, 0.15) is 6.92 Å². The van der Waals surface area contributed by atoms with Crippen LogP contribution in [0, 0.1) is 5.92 Å². The number of anilines is 1. The number of hydrogen-bond donors (Lipinski definition) is 6. The molecule has 4 aromatic rings. The molecule has 0 saturated carbocycles. The van der Waals surface area contributed by atoms with Gasteiger partial charge in [-0.05, 0) is 47.9 Å². The van der Waals surface area contributed by atoms with Gasteiger partial charge in [0.2, 0.25) is 0 Å². The number of aromatic hydroxyl groups is 1. The second kappa shape index (κ2) is 15.4. The van der Waals surface area contributed by atoms with Crippen LogP contribution in [-0.2, 0) is 44.7 Å². The maximum Gasteiger partial charge on any atom is 0.330 e. The molecule has 1 amide bonds. The first-order valence-electron chi connectivity index (χ1n) is 15.6. The van der Waals surface area contributed by atoms with Crippen LogP contribution in [0.25, 0.3) is 21.5 Å². The minimum absolute atomic E-state index is 0.0101. The molecule has 0 radical (unpaired) electrons. The first kappa shape index (κ1) is 40.3. The van der Waals surface area contributed by atoms with E-state index in [1.54, 1.807) is 25.2 Å². The summed E-state index contributed by atoms with van der Waals surface area (Å²) >= 11 is 0. The van der Waals surface area contributed by atoms with Crippen molar-refractivity contribution < 1.29 is 58.3 Å². The SMILES string of the molecule is C=CC(=O)OCCNC(=O)C1=CC(C)C(/N=N/c2ccc(/N=N/c3c(S(=O)(=O)O)cc4cc(S(=O)(=O)O)c(N)cc4c3O)c3cc(S(=O)(=O)O)ccc23)C=C1. The molecule has 288 valence electrons. The third-order valence-corrected chi connectivity index (χ3v) is 10.7. The number of fused-ring (bicyclic) bond motifs is 2. The number of amides is 1. The van der Waals surface area contributed by atoms with Crippen molar-refractivity contribution in [2.24, 2.45) is 26.4 Å². The van der Waals surface area contributed by atoms with E-state index in [9.17, 15) is 53.6 Å². The van der Waals surface area contributed by atoms with Gasteiger partial charge in [0, 0.05) is 33.7 Å². The van der Waals surface area contributed by atoms with Gasteiger partial charge in [-0.15, -0.1) is 10.2 Å². The van der Waals surface area contributed by atoms with Crippen LogP contribution in [0.3, 0.4) is 0 Å². The van der Waals surface area contributed by atoms with Crippen molar-refractivity contribution in [1.82, 2.24) is 5.32 Å². The summed E-state index contributed by atoms with van der Waals surface area (Å²) in [6, 6.07) is 8.05. The van der Waals surface area contributed by atoms with Crippen LogP contribution >= 0.6 is 0 Å².